The van der Waals surface area contributed by atoms with Gasteiger partial charge >= 0.3 is 0 Å². The highest BCUT2D eigenvalue weighted by atomic mass is 35.5. The molecule has 2 aromatic carbocycles. The van der Waals surface area contributed by atoms with E-state index in [0.29, 0.717) is 30.3 Å². The third-order valence-electron chi connectivity index (χ3n) is 6.79. The number of aryl methyl sites for hydroxylation is 1. The molecule has 0 bridgehead atoms. The highest BCUT2D eigenvalue weighted by Crippen LogP contribution is 2.45. The summed E-state index contributed by atoms with van der Waals surface area (Å²) in [7, 11) is -8.09. The molecule has 1 aliphatic heterocycles. The zero-order valence-corrected chi connectivity index (χ0v) is 26.3. The molecule has 0 aliphatic carbocycles. The van der Waals surface area contributed by atoms with E-state index in [-0.39, 0.29) is 22.1 Å². The molecule has 0 atom stereocenters. The van der Waals surface area contributed by atoms with Crippen molar-refractivity contribution < 1.29 is 26.0 Å². The maximum atomic E-state index is 12.1. The van der Waals surface area contributed by atoms with Crippen LogP contribution in [0.1, 0.15) is 26.1 Å². The van der Waals surface area contributed by atoms with Crippen LogP contribution in [0.5, 0.6) is 0 Å². The number of anilines is 2. The number of nitrogens with zero attached hydrogens (tertiary/aromatic N) is 4. The number of halogens is 2. The van der Waals surface area contributed by atoms with Crippen LogP contribution in [-0.4, -0.2) is 44.8 Å². The summed E-state index contributed by atoms with van der Waals surface area (Å²) >= 11 is 12.5. The normalized spacial score (nSPS) is 15.1. The van der Waals surface area contributed by atoms with E-state index in [0.717, 1.165) is 28.4 Å². The van der Waals surface area contributed by atoms with Gasteiger partial charge in [0.1, 0.15) is 10.7 Å². The molecule has 42 heavy (non-hydrogen) atoms. The number of imidazole rings is 1. The van der Waals surface area contributed by atoms with Crippen molar-refractivity contribution in [3.8, 4) is 0 Å². The van der Waals surface area contributed by atoms with Crippen LogP contribution < -0.4 is 19.5 Å². The van der Waals surface area contributed by atoms with Gasteiger partial charge in [-0.1, -0.05) is 48.0 Å². The maximum Gasteiger partial charge on any atom is 0.287 e. The quantitative estimate of drug-likeness (QED) is 0.169. The summed E-state index contributed by atoms with van der Waals surface area (Å²) in [6, 6.07) is 8.55. The average molecular weight is 654 g/mol. The van der Waals surface area contributed by atoms with Gasteiger partial charge in [0, 0.05) is 36.7 Å². The summed E-state index contributed by atoms with van der Waals surface area (Å²) in [5.41, 5.74) is 3.11. The molecule has 224 valence electrons. The summed E-state index contributed by atoms with van der Waals surface area (Å²) in [5.74, 6) is 1.21. The van der Waals surface area contributed by atoms with Crippen LogP contribution in [0, 0.1) is 0 Å². The summed E-state index contributed by atoms with van der Waals surface area (Å²) in [6.45, 7) is 9.41. The first-order valence-electron chi connectivity index (χ1n) is 13.1. The molecule has 4 rings (SSSR count). The highest BCUT2D eigenvalue weighted by Gasteiger charge is 2.32. The number of allylic oxidation sites excluding steroid dienone is 4. The van der Waals surface area contributed by atoms with Gasteiger partial charge in [-0.3, -0.25) is 4.55 Å². The SMILES string of the molecule is C=C[n+]1c(/C=C/C=C/C=C2\N(CC)c3cc(Cl)c(S(N)(=O)=O)cc3N2CC)n(CCCS(=O)(=O)O)c2cc(Cl)ccc21. The van der Waals surface area contributed by atoms with E-state index in [1.165, 1.54) is 6.07 Å². The van der Waals surface area contributed by atoms with E-state index in [1.54, 1.807) is 24.4 Å². The van der Waals surface area contributed by atoms with Gasteiger partial charge < -0.3 is 9.80 Å². The molecule has 10 nitrogen and oxygen atoms in total. The highest BCUT2D eigenvalue weighted by molar-refractivity contribution is 7.89. The van der Waals surface area contributed by atoms with Crippen molar-refractivity contribution in [3.05, 3.63) is 82.9 Å². The molecule has 0 amide bonds. The smallest absolute Gasteiger partial charge is 0.287 e. The Morgan fingerprint density at radius 1 is 1.00 bits per heavy atom. The predicted molar refractivity (Wildman–Crippen MR) is 170 cm³/mol. The zero-order valence-electron chi connectivity index (χ0n) is 23.1. The molecule has 0 radical (unpaired) electrons. The van der Waals surface area contributed by atoms with Gasteiger partial charge in [0.05, 0.1) is 34.9 Å². The van der Waals surface area contributed by atoms with Gasteiger partial charge in [-0.05, 0) is 44.2 Å². The molecule has 0 unspecified atom stereocenters. The molecule has 3 N–H and O–H groups in total. The second-order valence-corrected chi connectivity index (χ2v) is 13.4. The first kappa shape index (κ1) is 31.8. The molecule has 3 aromatic rings. The van der Waals surface area contributed by atoms with Crippen LogP contribution in [0.4, 0.5) is 11.4 Å². The number of nitrogens with two attached hydrogens (primary N) is 1. The summed E-state index contributed by atoms with van der Waals surface area (Å²) in [6.07, 6.45) is 11.2. The number of fused-ring (bicyclic) bond motifs is 2. The fourth-order valence-electron chi connectivity index (χ4n) is 5.06. The van der Waals surface area contributed by atoms with Crippen LogP contribution in [0.2, 0.25) is 10.0 Å². The van der Waals surface area contributed by atoms with Crippen LogP contribution in [-0.2, 0) is 26.7 Å². The van der Waals surface area contributed by atoms with E-state index >= 15 is 0 Å². The van der Waals surface area contributed by atoms with Gasteiger partial charge in [0.2, 0.25) is 10.0 Å². The van der Waals surface area contributed by atoms with Gasteiger partial charge in [-0.2, -0.15) is 13.0 Å². The molecular formula is C28H32Cl2N5O5S2+. The van der Waals surface area contributed by atoms with Crippen LogP contribution in [0.15, 0.2) is 71.9 Å². The number of sulfonamides is 1. The lowest BCUT2D eigenvalue weighted by Gasteiger charge is -2.23. The predicted octanol–water partition coefficient (Wildman–Crippen LogP) is 5.04. The van der Waals surface area contributed by atoms with Crippen molar-refractivity contribution in [2.75, 3.05) is 28.6 Å². The van der Waals surface area contributed by atoms with Crippen molar-refractivity contribution in [3.63, 3.8) is 0 Å². The van der Waals surface area contributed by atoms with Crippen molar-refractivity contribution in [2.24, 2.45) is 5.14 Å². The maximum absolute atomic E-state index is 12.1. The van der Waals surface area contributed by atoms with Gasteiger partial charge in [0.25, 0.3) is 15.9 Å². The Bertz CT molecular complexity index is 1850. The summed E-state index contributed by atoms with van der Waals surface area (Å²) in [4.78, 5) is 3.90. The second-order valence-electron chi connectivity index (χ2n) is 9.41. The van der Waals surface area contributed by atoms with Gasteiger partial charge in [-0.15, -0.1) is 0 Å². The number of hydrogen-bond donors (Lipinski definition) is 2. The number of benzene rings is 2. The van der Waals surface area contributed by atoms with E-state index in [9.17, 15) is 21.4 Å². The Morgan fingerprint density at radius 3 is 2.26 bits per heavy atom. The molecule has 0 saturated heterocycles. The molecule has 0 saturated carbocycles. The molecule has 1 aromatic heterocycles. The van der Waals surface area contributed by atoms with Crippen molar-refractivity contribution >= 4 is 78.0 Å². The standard InChI is InChI=1S/C28H31Cl2N5O5S2/c1-4-32-22-14-13-20(29)17-23(22)35(15-10-16-41(36,37)38)28(32)12-9-7-8-11-27-33(5-2)24-18-21(30)26(42(31,39)40)19-25(24)34(27)6-3/h4,7-9,11-14,17-19H,1,5-6,10,15-16H2,2-3H3,(H2-,31,36,37,38,39,40)/p+1. The molecule has 2 heterocycles. The Labute approximate surface area is 256 Å². The van der Waals surface area contributed by atoms with Gasteiger partial charge in [0.15, 0.2) is 11.0 Å². The Hall–Kier alpha value is -3.13. The van der Waals surface area contributed by atoms with Crippen LogP contribution in [0.3, 0.4) is 0 Å². The molecule has 1 aliphatic rings. The molecular weight excluding hydrogens is 621 g/mol. The van der Waals surface area contributed by atoms with Crippen molar-refractivity contribution in [2.45, 2.75) is 31.7 Å². The van der Waals surface area contributed by atoms with E-state index in [4.69, 9.17) is 28.3 Å². The first-order chi connectivity index (χ1) is 19.8. The van der Waals surface area contributed by atoms with Crippen LogP contribution in [0.25, 0.3) is 23.3 Å². The fraction of sp³-hybridized carbons (Fsp3) is 0.250. The van der Waals surface area contributed by atoms with Gasteiger partial charge in [-0.25, -0.2) is 18.1 Å². The van der Waals surface area contributed by atoms with Crippen molar-refractivity contribution in [1.82, 2.24) is 4.57 Å². The average Bonchev–Trinajstić information content (AvgIpc) is 3.36. The molecule has 14 heteroatoms. The second kappa shape index (κ2) is 12.6. The van der Waals surface area contributed by atoms with E-state index < -0.39 is 20.1 Å². The Morgan fingerprint density at radius 2 is 1.67 bits per heavy atom. The number of rotatable bonds is 11. The number of aromatic nitrogens is 2. The number of primary sulfonamides is 1. The summed E-state index contributed by atoms with van der Waals surface area (Å²) < 4.78 is 59.7. The third-order valence-corrected chi connectivity index (χ3v) is 9.21. The minimum atomic E-state index is -4.10. The first-order valence-corrected chi connectivity index (χ1v) is 17.0. The van der Waals surface area contributed by atoms with Crippen LogP contribution >= 0.6 is 23.2 Å². The Balaban J connectivity index is 1.68. The monoisotopic (exact) mass is 652 g/mol. The molecule has 0 fully saturated rings. The Kier molecular flexibility index (Phi) is 9.55. The van der Waals surface area contributed by atoms with E-state index in [2.05, 4.69) is 6.58 Å². The lowest BCUT2D eigenvalue weighted by atomic mass is 10.2. The third kappa shape index (κ3) is 6.59. The largest absolute Gasteiger partial charge is 0.326 e. The van der Waals surface area contributed by atoms with E-state index in [1.807, 2.05) is 69.2 Å². The lowest BCUT2D eigenvalue weighted by Crippen LogP contribution is -2.29. The lowest BCUT2D eigenvalue weighted by molar-refractivity contribution is -0.542. The van der Waals surface area contributed by atoms with Crippen molar-refractivity contribution in [1.29, 1.82) is 0 Å². The molecule has 0 spiro atoms. The zero-order chi connectivity index (χ0) is 30.8. The topological polar surface area (TPSA) is 130 Å². The minimum Gasteiger partial charge on any atom is -0.326 e. The number of hydrogen-bond acceptors (Lipinski definition) is 6. The minimum absolute atomic E-state index is 0.0641. The fourth-order valence-corrected chi connectivity index (χ4v) is 6.81. The summed E-state index contributed by atoms with van der Waals surface area (Å²) in [5, 5.41) is 5.98.